The lowest BCUT2D eigenvalue weighted by Crippen LogP contribution is -2.31. The highest BCUT2D eigenvalue weighted by Gasteiger charge is 2.39. The van der Waals surface area contributed by atoms with E-state index in [2.05, 4.69) is 24.1 Å². The Labute approximate surface area is 113 Å². The average Bonchev–Trinajstić information content (AvgIpc) is 2.62. The Morgan fingerprint density at radius 3 is 2.78 bits per heavy atom. The van der Waals surface area contributed by atoms with Gasteiger partial charge in [0.25, 0.3) is 0 Å². The Morgan fingerprint density at radius 1 is 1.50 bits per heavy atom. The molecule has 3 nitrogen and oxygen atoms in total. The molecular weight excluding hydrogens is 248 g/mol. The standard InChI is InChI=1S/C14H19ClN2O/c1-9-11(6-7-12(15)16-9)17-13(18)10-5-4-8-14(10,2)3/h6-7,10H,4-5,8H2,1-3H3,(H,17,18). The van der Waals surface area contributed by atoms with Gasteiger partial charge in [0.1, 0.15) is 5.15 Å². The first kappa shape index (κ1) is 13.3. The summed E-state index contributed by atoms with van der Waals surface area (Å²) in [6, 6.07) is 3.51. The minimum absolute atomic E-state index is 0.0904. The summed E-state index contributed by atoms with van der Waals surface area (Å²) in [7, 11) is 0. The van der Waals surface area contributed by atoms with Crippen LogP contribution < -0.4 is 5.32 Å². The number of nitrogens with zero attached hydrogens (tertiary/aromatic N) is 1. The molecule has 18 heavy (non-hydrogen) atoms. The smallest absolute Gasteiger partial charge is 0.228 e. The van der Waals surface area contributed by atoms with Gasteiger partial charge in [0.2, 0.25) is 5.91 Å². The molecule has 1 heterocycles. The van der Waals surface area contributed by atoms with Crippen molar-refractivity contribution in [2.45, 2.75) is 40.0 Å². The van der Waals surface area contributed by atoms with Gasteiger partial charge in [-0.15, -0.1) is 0 Å². The van der Waals surface area contributed by atoms with Crippen LogP contribution in [0, 0.1) is 18.3 Å². The van der Waals surface area contributed by atoms with Gasteiger partial charge in [0, 0.05) is 5.92 Å². The zero-order valence-corrected chi connectivity index (χ0v) is 11.8. The van der Waals surface area contributed by atoms with Crippen molar-refractivity contribution in [3.05, 3.63) is 23.0 Å². The fourth-order valence-corrected chi connectivity index (χ4v) is 2.88. The number of rotatable bonds is 2. The van der Waals surface area contributed by atoms with E-state index < -0.39 is 0 Å². The maximum Gasteiger partial charge on any atom is 0.228 e. The molecule has 1 aliphatic carbocycles. The number of anilines is 1. The van der Waals surface area contributed by atoms with E-state index in [-0.39, 0.29) is 17.2 Å². The number of halogens is 1. The third kappa shape index (κ3) is 2.66. The first-order valence-corrected chi connectivity index (χ1v) is 6.72. The van der Waals surface area contributed by atoms with Gasteiger partial charge in [-0.05, 0) is 37.3 Å². The molecule has 0 radical (unpaired) electrons. The molecule has 0 bridgehead atoms. The van der Waals surface area contributed by atoms with Crippen LogP contribution in [0.3, 0.4) is 0 Å². The molecule has 1 aromatic rings. The summed E-state index contributed by atoms with van der Waals surface area (Å²) in [5, 5.41) is 3.43. The summed E-state index contributed by atoms with van der Waals surface area (Å²) in [5.74, 6) is 0.192. The van der Waals surface area contributed by atoms with Crippen LogP contribution in [0.5, 0.6) is 0 Å². The lowest BCUT2D eigenvalue weighted by atomic mass is 9.81. The SMILES string of the molecule is Cc1nc(Cl)ccc1NC(=O)C1CCCC1(C)C. The van der Waals surface area contributed by atoms with E-state index in [4.69, 9.17) is 11.6 Å². The summed E-state index contributed by atoms with van der Waals surface area (Å²) < 4.78 is 0. The summed E-state index contributed by atoms with van der Waals surface area (Å²) in [4.78, 5) is 16.4. The van der Waals surface area contributed by atoms with Gasteiger partial charge in [-0.25, -0.2) is 4.98 Å². The third-order valence-electron chi connectivity index (χ3n) is 3.88. The maximum atomic E-state index is 12.3. The van der Waals surface area contributed by atoms with E-state index in [1.54, 1.807) is 6.07 Å². The van der Waals surface area contributed by atoms with Crippen molar-refractivity contribution >= 4 is 23.2 Å². The molecule has 1 aromatic heterocycles. The van der Waals surface area contributed by atoms with E-state index in [0.717, 1.165) is 30.6 Å². The lowest BCUT2D eigenvalue weighted by Gasteiger charge is -2.26. The highest BCUT2D eigenvalue weighted by molar-refractivity contribution is 6.29. The molecule has 2 rings (SSSR count). The van der Waals surface area contributed by atoms with Gasteiger partial charge in [-0.1, -0.05) is 31.9 Å². The number of aromatic nitrogens is 1. The van der Waals surface area contributed by atoms with Crippen LogP contribution >= 0.6 is 11.6 Å². The molecule has 0 aliphatic heterocycles. The minimum atomic E-state index is 0.0904. The fraction of sp³-hybridized carbons (Fsp3) is 0.571. The van der Waals surface area contributed by atoms with Crippen molar-refractivity contribution in [3.63, 3.8) is 0 Å². The number of carbonyl (C=O) groups excluding carboxylic acids is 1. The number of hydrogen-bond donors (Lipinski definition) is 1. The minimum Gasteiger partial charge on any atom is -0.324 e. The monoisotopic (exact) mass is 266 g/mol. The van der Waals surface area contributed by atoms with Crippen LogP contribution in [0.4, 0.5) is 5.69 Å². The number of aryl methyl sites for hydroxylation is 1. The van der Waals surface area contributed by atoms with Crippen molar-refractivity contribution in [1.29, 1.82) is 0 Å². The lowest BCUT2D eigenvalue weighted by molar-refractivity contribution is -0.122. The van der Waals surface area contributed by atoms with Crippen LogP contribution in [0.1, 0.15) is 38.8 Å². The molecule has 1 fully saturated rings. The Morgan fingerprint density at radius 2 is 2.22 bits per heavy atom. The van der Waals surface area contributed by atoms with Gasteiger partial charge in [-0.3, -0.25) is 4.79 Å². The van der Waals surface area contributed by atoms with Gasteiger partial charge >= 0.3 is 0 Å². The summed E-state index contributed by atoms with van der Waals surface area (Å²) in [6.45, 7) is 6.18. The molecule has 1 aliphatic rings. The largest absolute Gasteiger partial charge is 0.324 e. The van der Waals surface area contributed by atoms with Crippen LogP contribution in [-0.2, 0) is 4.79 Å². The predicted octanol–water partition coefficient (Wildman–Crippen LogP) is 3.81. The molecule has 0 saturated heterocycles. The van der Waals surface area contributed by atoms with Gasteiger partial charge in [-0.2, -0.15) is 0 Å². The first-order chi connectivity index (χ1) is 8.40. The van der Waals surface area contributed by atoms with Crippen LogP contribution in [0.2, 0.25) is 5.15 Å². The number of hydrogen-bond acceptors (Lipinski definition) is 2. The van der Waals surface area contributed by atoms with Crippen molar-refractivity contribution < 1.29 is 4.79 Å². The second-order valence-corrected chi connectivity index (χ2v) is 6.08. The molecule has 4 heteroatoms. The molecular formula is C14H19ClN2O. The van der Waals surface area contributed by atoms with Crippen molar-refractivity contribution in [1.82, 2.24) is 4.98 Å². The molecule has 0 spiro atoms. The normalized spacial score (nSPS) is 21.9. The van der Waals surface area contributed by atoms with Crippen molar-refractivity contribution in [3.8, 4) is 0 Å². The van der Waals surface area contributed by atoms with Crippen LogP contribution in [0.15, 0.2) is 12.1 Å². The second kappa shape index (κ2) is 4.88. The first-order valence-electron chi connectivity index (χ1n) is 6.34. The van der Waals surface area contributed by atoms with Gasteiger partial charge in [0.05, 0.1) is 11.4 Å². The van der Waals surface area contributed by atoms with Crippen molar-refractivity contribution in [2.24, 2.45) is 11.3 Å². The van der Waals surface area contributed by atoms with Crippen LogP contribution in [-0.4, -0.2) is 10.9 Å². The quantitative estimate of drug-likeness (QED) is 0.827. The number of pyridine rings is 1. The van der Waals surface area contributed by atoms with Gasteiger partial charge in [0.15, 0.2) is 0 Å². The Hall–Kier alpha value is -1.09. The Bertz CT molecular complexity index is 471. The average molecular weight is 267 g/mol. The number of amides is 1. The number of carbonyl (C=O) groups is 1. The molecule has 0 aromatic carbocycles. The summed E-state index contributed by atoms with van der Waals surface area (Å²) in [5.41, 5.74) is 1.61. The van der Waals surface area contributed by atoms with E-state index in [1.165, 1.54) is 0 Å². The summed E-state index contributed by atoms with van der Waals surface area (Å²) in [6.07, 6.45) is 3.21. The second-order valence-electron chi connectivity index (χ2n) is 5.69. The predicted molar refractivity (Wildman–Crippen MR) is 73.7 cm³/mol. The van der Waals surface area contributed by atoms with Crippen molar-refractivity contribution in [2.75, 3.05) is 5.32 Å². The Balaban J connectivity index is 2.12. The van der Waals surface area contributed by atoms with Crippen LogP contribution in [0.25, 0.3) is 0 Å². The summed E-state index contributed by atoms with van der Waals surface area (Å²) >= 11 is 5.80. The molecule has 98 valence electrons. The van der Waals surface area contributed by atoms with E-state index in [0.29, 0.717) is 5.15 Å². The van der Waals surface area contributed by atoms with Gasteiger partial charge < -0.3 is 5.32 Å². The van der Waals surface area contributed by atoms with E-state index in [9.17, 15) is 4.79 Å². The van der Waals surface area contributed by atoms with E-state index >= 15 is 0 Å². The van der Waals surface area contributed by atoms with E-state index in [1.807, 2.05) is 13.0 Å². The maximum absolute atomic E-state index is 12.3. The molecule has 1 amide bonds. The highest BCUT2D eigenvalue weighted by atomic mass is 35.5. The molecule has 1 atom stereocenters. The molecule has 1 N–H and O–H groups in total. The molecule has 1 saturated carbocycles. The highest BCUT2D eigenvalue weighted by Crippen LogP contribution is 2.43. The Kier molecular flexibility index (Phi) is 3.62. The fourth-order valence-electron chi connectivity index (χ4n) is 2.70. The third-order valence-corrected chi connectivity index (χ3v) is 4.09. The zero-order chi connectivity index (χ0) is 13.3. The molecule has 1 unspecified atom stereocenters. The number of nitrogens with one attached hydrogen (secondary N) is 1. The topological polar surface area (TPSA) is 42.0 Å². The zero-order valence-electron chi connectivity index (χ0n) is 11.1.